The largest absolute Gasteiger partial charge is 0.309 e. The van der Waals surface area contributed by atoms with Gasteiger partial charge in [-0.1, -0.05) is 200 Å². The van der Waals surface area contributed by atoms with E-state index in [2.05, 4.69) is 265 Å². The van der Waals surface area contributed by atoms with Crippen molar-refractivity contribution in [3.05, 3.63) is 255 Å². The van der Waals surface area contributed by atoms with Gasteiger partial charge in [0, 0.05) is 57.7 Å². The summed E-state index contributed by atoms with van der Waals surface area (Å²) >= 11 is 3.74. The van der Waals surface area contributed by atoms with Crippen LogP contribution in [0.4, 0.5) is 34.1 Å². The van der Waals surface area contributed by atoms with Crippen LogP contribution in [0.25, 0.3) is 84.5 Å². The first-order valence-electron chi connectivity index (χ1n) is 23.1. The molecule has 0 amide bonds. The third kappa shape index (κ3) is 6.68. The van der Waals surface area contributed by atoms with Crippen LogP contribution in [0.1, 0.15) is 0 Å². The standard InChI is InChI=1S/C64H42N2S2/c1-3-21-43(22-4-1)45-41-42-57(48-27-8-7-26-47(45)48)65(54-33-14-9-25-46(54)44-23-5-2-6-24-44)55-34-15-10-28-49(55)50-29-11-16-35-56(50)66(58-36-20-40-62-63(58)53-31-13-18-39-61(53)67-62)59-37-19-32-52-51-30-12-17-38-60(51)68-64(52)59/h1-42H. The van der Waals surface area contributed by atoms with Gasteiger partial charge in [-0.2, -0.15) is 0 Å². The van der Waals surface area contributed by atoms with Crippen LogP contribution in [-0.4, -0.2) is 0 Å². The first kappa shape index (κ1) is 40.0. The van der Waals surface area contributed by atoms with E-state index >= 15 is 0 Å². The average molecular weight is 903 g/mol. The maximum atomic E-state index is 2.55. The predicted molar refractivity (Wildman–Crippen MR) is 295 cm³/mol. The summed E-state index contributed by atoms with van der Waals surface area (Å²) in [6.45, 7) is 0. The van der Waals surface area contributed by atoms with Crippen LogP contribution in [0.15, 0.2) is 255 Å². The highest BCUT2D eigenvalue weighted by Gasteiger charge is 2.27. The van der Waals surface area contributed by atoms with Crippen molar-refractivity contribution in [2.75, 3.05) is 9.80 Å². The Hall–Kier alpha value is -8.28. The minimum Gasteiger partial charge on any atom is -0.309 e. The molecule has 0 spiro atoms. The zero-order chi connectivity index (χ0) is 45.0. The molecule has 2 aromatic heterocycles. The van der Waals surface area contributed by atoms with Crippen molar-refractivity contribution in [1.29, 1.82) is 0 Å². The van der Waals surface area contributed by atoms with Gasteiger partial charge in [-0.15, -0.1) is 22.7 Å². The zero-order valence-corrected chi connectivity index (χ0v) is 38.6. The van der Waals surface area contributed by atoms with Crippen molar-refractivity contribution >= 4 is 108 Å². The summed E-state index contributed by atoms with van der Waals surface area (Å²) in [5.41, 5.74) is 13.7. The number of rotatable bonds is 9. The van der Waals surface area contributed by atoms with E-state index in [4.69, 9.17) is 0 Å². The molecule has 13 rings (SSSR count). The lowest BCUT2D eigenvalue weighted by atomic mass is 9.94. The van der Waals surface area contributed by atoms with Crippen molar-refractivity contribution in [3.63, 3.8) is 0 Å². The van der Waals surface area contributed by atoms with Gasteiger partial charge in [0.15, 0.2) is 0 Å². The number of nitrogens with zero attached hydrogens (tertiary/aromatic N) is 2. The van der Waals surface area contributed by atoms with E-state index in [0.717, 1.165) is 56.4 Å². The van der Waals surface area contributed by atoms with Crippen LogP contribution >= 0.6 is 22.7 Å². The number of benzene rings is 11. The lowest BCUT2D eigenvalue weighted by Crippen LogP contribution is -2.15. The summed E-state index contributed by atoms with van der Waals surface area (Å²) in [4.78, 5) is 5.06. The third-order valence-electron chi connectivity index (χ3n) is 13.3. The van der Waals surface area contributed by atoms with Gasteiger partial charge in [0.25, 0.3) is 0 Å². The van der Waals surface area contributed by atoms with E-state index in [1.165, 1.54) is 62.2 Å². The molecular formula is C64H42N2S2. The highest BCUT2D eigenvalue weighted by Crippen LogP contribution is 2.53. The second-order valence-electron chi connectivity index (χ2n) is 17.1. The Morgan fingerprint density at radius 3 is 1.35 bits per heavy atom. The number of hydrogen-bond acceptors (Lipinski definition) is 4. The van der Waals surface area contributed by atoms with Crippen molar-refractivity contribution < 1.29 is 0 Å². The van der Waals surface area contributed by atoms with Crippen LogP contribution in [0.2, 0.25) is 0 Å². The van der Waals surface area contributed by atoms with E-state index in [9.17, 15) is 0 Å². The maximum Gasteiger partial charge on any atom is 0.0640 e. The van der Waals surface area contributed by atoms with Gasteiger partial charge in [-0.05, 0) is 76.7 Å². The Balaban J connectivity index is 1.10. The van der Waals surface area contributed by atoms with E-state index in [1.54, 1.807) is 0 Å². The van der Waals surface area contributed by atoms with Gasteiger partial charge < -0.3 is 9.80 Å². The molecule has 0 aliphatic heterocycles. The van der Waals surface area contributed by atoms with Crippen molar-refractivity contribution in [3.8, 4) is 33.4 Å². The van der Waals surface area contributed by atoms with Crippen molar-refractivity contribution in [2.45, 2.75) is 0 Å². The number of fused-ring (bicyclic) bond motifs is 7. The molecule has 2 heterocycles. The normalized spacial score (nSPS) is 11.5. The minimum absolute atomic E-state index is 1.08. The molecule has 0 unspecified atom stereocenters. The van der Waals surface area contributed by atoms with E-state index < -0.39 is 0 Å². The molecule has 2 nitrogen and oxygen atoms in total. The zero-order valence-electron chi connectivity index (χ0n) is 37.0. The van der Waals surface area contributed by atoms with Gasteiger partial charge in [-0.3, -0.25) is 0 Å². The molecule has 320 valence electrons. The molecular weight excluding hydrogens is 861 g/mol. The van der Waals surface area contributed by atoms with Gasteiger partial charge in [0.2, 0.25) is 0 Å². The first-order chi connectivity index (χ1) is 33.8. The van der Waals surface area contributed by atoms with Crippen LogP contribution in [0, 0.1) is 0 Å². The fourth-order valence-corrected chi connectivity index (χ4v) is 12.6. The van der Waals surface area contributed by atoms with E-state index in [0.29, 0.717) is 0 Å². The Morgan fingerprint density at radius 2 is 0.662 bits per heavy atom. The molecule has 68 heavy (non-hydrogen) atoms. The number of thiophene rings is 2. The fourth-order valence-electron chi connectivity index (χ4n) is 10.3. The monoisotopic (exact) mass is 902 g/mol. The molecule has 0 aliphatic carbocycles. The Bertz CT molecular complexity index is 4000. The van der Waals surface area contributed by atoms with Gasteiger partial charge >= 0.3 is 0 Å². The second kappa shape index (κ2) is 16.9. The summed E-state index contributed by atoms with van der Waals surface area (Å²) in [5, 5.41) is 7.46. The lowest BCUT2D eigenvalue weighted by Gasteiger charge is -2.33. The maximum absolute atomic E-state index is 2.55. The average Bonchev–Trinajstić information content (AvgIpc) is 4.00. The number of para-hydroxylation sites is 3. The third-order valence-corrected chi connectivity index (χ3v) is 15.6. The SMILES string of the molecule is c1ccc(-c2ccccc2N(c2ccccc2-c2ccccc2N(c2cccc3c2sc2ccccc23)c2cccc3sc4ccccc4c23)c2ccc(-c3ccccc3)c3ccccc23)cc1. The van der Waals surface area contributed by atoms with Gasteiger partial charge in [0.1, 0.15) is 0 Å². The summed E-state index contributed by atoms with van der Waals surface area (Å²) in [6, 6.07) is 93.3. The van der Waals surface area contributed by atoms with E-state index in [-0.39, 0.29) is 0 Å². The molecule has 0 saturated heterocycles. The smallest absolute Gasteiger partial charge is 0.0640 e. The fraction of sp³-hybridized carbons (Fsp3) is 0. The summed E-state index contributed by atoms with van der Waals surface area (Å²) in [7, 11) is 0. The first-order valence-corrected chi connectivity index (χ1v) is 24.7. The highest BCUT2D eigenvalue weighted by atomic mass is 32.1. The lowest BCUT2D eigenvalue weighted by molar-refractivity contribution is 1.29. The van der Waals surface area contributed by atoms with Crippen molar-refractivity contribution in [1.82, 2.24) is 0 Å². The van der Waals surface area contributed by atoms with Gasteiger partial charge in [-0.25, -0.2) is 0 Å². The second-order valence-corrected chi connectivity index (χ2v) is 19.3. The van der Waals surface area contributed by atoms with E-state index in [1.807, 2.05) is 22.7 Å². The van der Waals surface area contributed by atoms with Crippen molar-refractivity contribution in [2.24, 2.45) is 0 Å². The molecule has 0 N–H and O–H groups in total. The molecule has 0 aliphatic rings. The molecule has 0 atom stereocenters. The summed E-state index contributed by atoms with van der Waals surface area (Å²) < 4.78 is 5.10. The molecule has 0 fully saturated rings. The molecule has 0 radical (unpaired) electrons. The topological polar surface area (TPSA) is 6.48 Å². The summed E-state index contributed by atoms with van der Waals surface area (Å²) in [5.74, 6) is 0. The molecule has 0 bridgehead atoms. The predicted octanol–water partition coefficient (Wildman–Crippen LogP) is 19.5. The molecule has 4 heteroatoms. The molecule has 11 aromatic carbocycles. The Kier molecular flexibility index (Phi) is 9.93. The summed E-state index contributed by atoms with van der Waals surface area (Å²) in [6.07, 6.45) is 0. The highest BCUT2D eigenvalue weighted by molar-refractivity contribution is 7.26. The van der Waals surface area contributed by atoms with Gasteiger partial charge in [0.05, 0.1) is 38.8 Å². The molecule has 0 saturated carbocycles. The number of anilines is 6. The Labute approximate surface area is 403 Å². The van der Waals surface area contributed by atoms with Crippen LogP contribution in [0.5, 0.6) is 0 Å². The minimum atomic E-state index is 1.08. The Morgan fingerprint density at radius 1 is 0.221 bits per heavy atom. The quantitative estimate of drug-likeness (QED) is 0.142. The van der Waals surface area contributed by atoms with Crippen LogP contribution < -0.4 is 9.80 Å². The number of hydrogen-bond donors (Lipinski definition) is 0. The van der Waals surface area contributed by atoms with Crippen LogP contribution in [0.3, 0.4) is 0 Å². The van der Waals surface area contributed by atoms with Crippen LogP contribution in [-0.2, 0) is 0 Å². The molecule has 13 aromatic rings.